The van der Waals surface area contributed by atoms with E-state index < -0.39 is 0 Å². The highest BCUT2D eigenvalue weighted by atomic mass is 16.5. The van der Waals surface area contributed by atoms with E-state index in [9.17, 15) is 4.79 Å². The predicted octanol–water partition coefficient (Wildman–Crippen LogP) is 2.92. The lowest BCUT2D eigenvalue weighted by molar-refractivity contribution is 0.175. The van der Waals surface area contributed by atoms with E-state index in [2.05, 4.69) is 16.6 Å². The molecule has 0 aliphatic carbocycles. The van der Waals surface area contributed by atoms with Crippen LogP contribution in [0.25, 0.3) is 11.0 Å². The number of benzene rings is 1. The summed E-state index contributed by atoms with van der Waals surface area (Å²) in [7, 11) is 3.47. The van der Waals surface area contributed by atoms with Crippen molar-refractivity contribution >= 4 is 22.8 Å². The van der Waals surface area contributed by atoms with Gasteiger partial charge in [-0.25, -0.2) is 9.78 Å². The van der Waals surface area contributed by atoms with Crippen molar-refractivity contribution in [3.63, 3.8) is 0 Å². The molecule has 0 radical (unpaired) electrons. The Bertz CT molecular complexity index is 945. The third kappa shape index (κ3) is 2.64. The maximum atomic E-state index is 12.3. The van der Waals surface area contributed by atoms with Crippen molar-refractivity contribution in [2.24, 2.45) is 7.05 Å². The number of imidazole rings is 1. The number of aryl methyl sites for hydroxylation is 4. The van der Waals surface area contributed by atoms with E-state index in [4.69, 9.17) is 9.72 Å². The van der Waals surface area contributed by atoms with Crippen molar-refractivity contribution < 1.29 is 9.53 Å². The number of carbonyl (C=O) groups is 1. The fraction of sp³-hybridized carbons (Fsp3) is 0.421. The van der Waals surface area contributed by atoms with E-state index in [1.807, 2.05) is 36.1 Å². The number of aromatic nitrogens is 4. The molecule has 0 N–H and O–H groups in total. The molecule has 2 aromatic heterocycles. The molecule has 0 unspecified atom stereocenters. The summed E-state index contributed by atoms with van der Waals surface area (Å²) in [5.41, 5.74) is 4.13. The molecule has 0 fully saturated rings. The van der Waals surface area contributed by atoms with Crippen molar-refractivity contribution in [2.75, 3.05) is 12.0 Å². The maximum Gasteiger partial charge on any atom is 0.414 e. The van der Waals surface area contributed by atoms with E-state index in [1.165, 1.54) is 7.11 Å². The van der Waals surface area contributed by atoms with E-state index in [1.54, 1.807) is 11.1 Å². The topological polar surface area (TPSA) is 65.2 Å². The third-order valence-electron chi connectivity index (χ3n) is 5.23. The second-order valence-corrected chi connectivity index (χ2v) is 6.76. The van der Waals surface area contributed by atoms with Gasteiger partial charge in [-0.1, -0.05) is 0 Å². The molecule has 7 nitrogen and oxygen atoms in total. The number of anilines is 1. The molecule has 1 aromatic carbocycles. The first-order valence-corrected chi connectivity index (χ1v) is 8.92. The molecule has 1 amide bonds. The van der Waals surface area contributed by atoms with E-state index in [0.29, 0.717) is 0 Å². The van der Waals surface area contributed by atoms with Crippen LogP contribution in [0.2, 0.25) is 0 Å². The van der Waals surface area contributed by atoms with Gasteiger partial charge in [-0.05, 0) is 38.0 Å². The van der Waals surface area contributed by atoms with Crippen LogP contribution >= 0.6 is 0 Å². The molecule has 0 saturated heterocycles. The molecule has 3 heterocycles. The molecule has 4 rings (SSSR count). The van der Waals surface area contributed by atoms with Crippen LogP contribution in [-0.4, -0.2) is 38.6 Å². The van der Waals surface area contributed by atoms with Gasteiger partial charge in [-0.15, -0.1) is 0 Å². The molecular formula is C19H23N5O2. The van der Waals surface area contributed by atoms with Gasteiger partial charge in [-0.3, -0.25) is 9.58 Å². The Labute approximate surface area is 152 Å². The van der Waals surface area contributed by atoms with Crippen LogP contribution in [0.1, 0.15) is 24.7 Å². The van der Waals surface area contributed by atoms with Gasteiger partial charge in [0.15, 0.2) is 0 Å². The summed E-state index contributed by atoms with van der Waals surface area (Å²) in [5.74, 6) is 1.02. The lowest BCUT2D eigenvalue weighted by Gasteiger charge is -2.34. The molecule has 3 aromatic rings. The standard InChI is InChI=1S/C19H23N5O2/c1-13-5-6-14-15(24(13)19(25)26-3)7-8-16-18(14)21-17(22(16)2)9-12-23-11-4-10-20-23/h4,7-8,10-11,13H,5-6,9,12H2,1-3H3/t13-/m0/s1. The van der Waals surface area contributed by atoms with Gasteiger partial charge >= 0.3 is 6.09 Å². The Morgan fingerprint density at radius 1 is 1.38 bits per heavy atom. The quantitative estimate of drug-likeness (QED) is 0.726. The normalized spacial score (nSPS) is 16.7. The van der Waals surface area contributed by atoms with Crippen LogP contribution in [0.15, 0.2) is 30.6 Å². The number of amides is 1. The van der Waals surface area contributed by atoms with Gasteiger partial charge in [0, 0.05) is 44.0 Å². The van der Waals surface area contributed by atoms with E-state index in [-0.39, 0.29) is 12.1 Å². The lowest BCUT2D eigenvalue weighted by atomic mass is 9.96. The number of carbonyl (C=O) groups excluding carboxylic acids is 1. The molecule has 0 bridgehead atoms. The molecule has 1 aliphatic rings. The van der Waals surface area contributed by atoms with E-state index in [0.717, 1.165) is 53.9 Å². The summed E-state index contributed by atoms with van der Waals surface area (Å²) in [4.78, 5) is 18.9. The number of rotatable bonds is 3. The first-order chi connectivity index (χ1) is 12.6. The molecule has 1 atom stereocenters. The maximum absolute atomic E-state index is 12.3. The van der Waals surface area contributed by atoms with Gasteiger partial charge < -0.3 is 9.30 Å². The molecule has 1 aliphatic heterocycles. The second kappa shape index (κ2) is 6.48. The summed E-state index contributed by atoms with van der Waals surface area (Å²) < 4.78 is 9.04. The minimum Gasteiger partial charge on any atom is -0.452 e. The van der Waals surface area contributed by atoms with Crippen molar-refractivity contribution in [3.8, 4) is 0 Å². The smallest absolute Gasteiger partial charge is 0.414 e. The SMILES string of the molecule is COC(=O)N1c2ccc3c(nc(CCn4cccn4)n3C)c2CC[C@@H]1C. The summed E-state index contributed by atoms with van der Waals surface area (Å²) in [6, 6.07) is 6.11. The van der Waals surface area contributed by atoms with Gasteiger partial charge in [0.2, 0.25) is 0 Å². The Kier molecular flexibility index (Phi) is 4.14. The number of methoxy groups -OCH3 is 1. The number of hydrogen-bond donors (Lipinski definition) is 0. The summed E-state index contributed by atoms with van der Waals surface area (Å²) in [6.07, 6.45) is 6.05. The second-order valence-electron chi connectivity index (χ2n) is 6.76. The fourth-order valence-electron chi connectivity index (χ4n) is 3.79. The van der Waals surface area contributed by atoms with Crippen LogP contribution in [0.3, 0.4) is 0 Å². The van der Waals surface area contributed by atoms with Crippen molar-refractivity contribution in [1.82, 2.24) is 19.3 Å². The highest BCUT2D eigenvalue weighted by Gasteiger charge is 2.31. The Morgan fingerprint density at radius 2 is 2.23 bits per heavy atom. The number of ether oxygens (including phenoxy) is 1. The van der Waals surface area contributed by atoms with Gasteiger partial charge in [0.1, 0.15) is 5.82 Å². The van der Waals surface area contributed by atoms with Crippen molar-refractivity contribution in [3.05, 3.63) is 42.0 Å². The van der Waals surface area contributed by atoms with Crippen LogP contribution in [0.4, 0.5) is 10.5 Å². The average Bonchev–Trinajstić information content (AvgIpc) is 3.27. The molecular weight excluding hydrogens is 330 g/mol. The number of hydrogen-bond acceptors (Lipinski definition) is 4. The minimum absolute atomic E-state index is 0.121. The largest absolute Gasteiger partial charge is 0.452 e. The molecule has 136 valence electrons. The number of fused-ring (bicyclic) bond motifs is 3. The third-order valence-corrected chi connectivity index (χ3v) is 5.23. The van der Waals surface area contributed by atoms with Crippen LogP contribution in [0.5, 0.6) is 0 Å². The highest BCUT2D eigenvalue weighted by Crippen LogP contribution is 2.36. The van der Waals surface area contributed by atoms with Crippen LogP contribution < -0.4 is 4.90 Å². The zero-order valence-electron chi connectivity index (χ0n) is 15.3. The van der Waals surface area contributed by atoms with Gasteiger partial charge in [-0.2, -0.15) is 5.10 Å². The Morgan fingerprint density at radius 3 is 2.96 bits per heavy atom. The first kappa shape index (κ1) is 16.6. The zero-order chi connectivity index (χ0) is 18.3. The highest BCUT2D eigenvalue weighted by molar-refractivity contribution is 5.95. The molecule has 26 heavy (non-hydrogen) atoms. The fourth-order valence-corrected chi connectivity index (χ4v) is 3.79. The first-order valence-electron chi connectivity index (χ1n) is 8.92. The Hall–Kier alpha value is -2.83. The summed E-state index contributed by atoms with van der Waals surface area (Å²) in [5, 5.41) is 4.25. The summed E-state index contributed by atoms with van der Waals surface area (Å²) >= 11 is 0. The molecule has 0 saturated carbocycles. The Balaban J connectivity index is 1.74. The lowest BCUT2D eigenvalue weighted by Crippen LogP contribution is -2.42. The zero-order valence-corrected chi connectivity index (χ0v) is 15.3. The van der Waals surface area contributed by atoms with Crippen molar-refractivity contribution in [1.29, 1.82) is 0 Å². The summed E-state index contributed by atoms with van der Waals surface area (Å²) in [6.45, 7) is 2.84. The molecule has 7 heteroatoms. The van der Waals surface area contributed by atoms with Gasteiger partial charge in [0.05, 0.1) is 23.8 Å². The van der Waals surface area contributed by atoms with E-state index >= 15 is 0 Å². The average molecular weight is 353 g/mol. The number of nitrogens with zero attached hydrogens (tertiary/aromatic N) is 5. The van der Waals surface area contributed by atoms with Crippen molar-refractivity contribution in [2.45, 2.75) is 38.8 Å². The molecule has 0 spiro atoms. The van der Waals surface area contributed by atoms with Crippen LogP contribution in [-0.2, 0) is 31.2 Å². The monoisotopic (exact) mass is 353 g/mol. The van der Waals surface area contributed by atoms with Crippen LogP contribution in [0, 0.1) is 0 Å². The minimum atomic E-state index is -0.312. The van der Waals surface area contributed by atoms with Gasteiger partial charge in [0.25, 0.3) is 0 Å². The predicted molar refractivity (Wildman–Crippen MR) is 99.3 cm³/mol.